The van der Waals surface area contributed by atoms with Crippen LogP contribution in [0.5, 0.6) is 23.0 Å². The molecule has 4 aromatic carbocycles. The van der Waals surface area contributed by atoms with Crippen molar-refractivity contribution in [2.24, 2.45) is 5.10 Å². The minimum absolute atomic E-state index is 0.00387. The molecule has 1 aromatic heterocycles. The summed E-state index contributed by atoms with van der Waals surface area (Å²) in [4.78, 5) is 53.2. The molecular formula is C48H48F3N3O10S. The van der Waals surface area contributed by atoms with Gasteiger partial charge in [0.05, 0.1) is 54.0 Å². The number of benzene rings is 4. The first-order valence-electron chi connectivity index (χ1n) is 20.8. The van der Waals surface area contributed by atoms with Gasteiger partial charge in [-0.15, -0.1) is 0 Å². The second-order valence-electron chi connectivity index (χ2n) is 14.2. The van der Waals surface area contributed by atoms with Gasteiger partial charge in [0.1, 0.15) is 29.5 Å². The van der Waals surface area contributed by atoms with Crippen LogP contribution in [-0.4, -0.2) is 74.2 Å². The number of alkyl halides is 3. The monoisotopic (exact) mass is 915 g/mol. The molecule has 0 aliphatic rings. The number of halogens is 3. The molecule has 1 heterocycles. The van der Waals surface area contributed by atoms with E-state index in [1.807, 2.05) is 0 Å². The average Bonchev–Trinajstić information content (AvgIpc) is 3.74. The summed E-state index contributed by atoms with van der Waals surface area (Å²) in [6.07, 6.45) is 5.09. The largest absolute Gasteiger partial charge is 0.494 e. The van der Waals surface area contributed by atoms with E-state index >= 15 is 0 Å². The number of hydrogen-bond donors (Lipinski definition) is 0. The number of carbonyl (C=O) groups excluding carboxylic acids is 4. The number of hydrazone groups is 1. The van der Waals surface area contributed by atoms with E-state index in [-0.39, 0.29) is 33.3 Å². The van der Waals surface area contributed by atoms with Crippen LogP contribution in [0.3, 0.4) is 0 Å². The Balaban J connectivity index is 1.24. The summed E-state index contributed by atoms with van der Waals surface area (Å²) < 4.78 is 75.1. The topological polar surface area (TPSA) is 152 Å². The molecule has 0 bridgehead atoms. The van der Waals surface area contributed by atoms with Gasteiger partial charge in [0, 0.05) is 17.7 Å². The molecule has 0 amide bonds. The standard InChI is InChI=1S/C48H48F3N3O10S/c1-3-43(55)61-29-13-7-5-11-27-59-37-21-17-34(18-22-37)45(57)63-39-25-26-41(36(31-39)32-52-54(33-48(49,50)51)47-53-40-15-9-10-16-42(40)65-47)64-46(58)35-19-23-38(24-20-35)60-28-12-6-8-14-30-62-44(56)4-2/h3-4,9-10,15-26,31-32H,1-2,5-8,11-14,27-30,33H2/b52-32+. The van der Waals surface area contributed by atoms with Crippen molar-refractivity contribution in [3.05, 3.63) is 133 Å². The number of aromatic nitrogens is 1. The first kappa shape index (κ1) is 49.0. The third kappa shape index (κ3) is 16.9. The van der Waals surface area contributed by atoms with E-state index in [0.717, 1.165) is 81.1 Å². The van der Waals surface area contributed by atoms with Crippen molar-refractivity contribution in [3.8, 4) is 23.0 Å². The normalized spacial score (nSPS) is 11.2. The number of rotatable bonds is 26. The second-order valence-corrected chi connectivity index (χ2v) is 15.2. The highest BCUT2D eigenvalue weighted by Gasteiger charge is 2.32. The summed E-state index contributed by atoms with van der Waals surface area (Å²) in [5.74, 6) is -1.42. The zero-order valence-electron chi connectivity index (χ0n) is 35.5. The number of unbranched alkanes of at least 4 members (excludes halogenated alkanes) is 6. The van der Waals surface area contributed by atoms with Gasteiger partial charge in [0.2, 0.25) is 5.13 Å². The second kappa shape index (κ2) is 25.3. The number of para-hydroxylation sites is 1. The Labute approximate surface area is 378 Å². The van der Waals surface area contributed by atoms with E-state index < -0.39 is 36.6 Å². The molecule has 0 aliphatic heterocycles. The van der Waals surface area contributed by atoms with Gasteiger partial charge in [-0.2, -0.15) is 18.3 Å². The molecule has 0 spiro atoms. The van der Waals surface area contributed by atoms with Crippen molar-refractivity contribution in [1.82, 2.24) is 4.98 Å². The molecule has 0 aliphatic carbocycles. The van der Waals surface area contributed by atoms with Crippen LogP contribution in [0.1, 0.15) is 77.6 Å². The maximum Gasteiger partial charge on any atom is 0.408 e. The third-order valence-corrected chi connectivity index (χ3v) is 10.2. The van der Waals surface area contributed by atoms with E-state index in [0.29, 0.717) is 53.2 Å². The lowest BCUT2D eigenvalue weighted by Crippen LogP contribution is -2.30. The van der Waals surface area contributed by atoms with Crippen LogP contribution < -0.4 is 24.0 Å². The number of carbonyl (C=O) groups is 4. The van der Waals surface area contributed by atoms with Crippen molar-refractivity contribution in [1.29, 1.82) is 0 Å². The van der Waals surface area contributed by atoms with Crippen LogP contribution in [0.2, 0.25) is 0 Å². The fourth-order valence-electron chi connectivity index (χ4n) is 5.87. The molecule has 65 heavy (non-hydrogen) atoms. The number of fused-ring (bicyclic) bond motifs is 1. The fourth-order valence-corrected chi connectivity index (χ4v) is 6.79. The smallest absolute Gasteiger partial charge is 0.408 e. The highest BCUT2D eigenvalue weighted by Crippen LogP contribution is 2.32. The van der Waals surface area contributed by atoms with Gasteiger partial charge in [-0.1, -0.05) is 36.6 Å². The molecule has 17 heteroatoms. The predicted molar refractivity (Wildman–Crippen MR) is 240 cm³/mol. The predicted octanol–water partition coefficient (Wildman–Crippen LogP) is 10.5. The molecule has 0 saturated heterocycles. The number of anilines is 1. The highest BCUT2D eigenvalue weighted by atomic mass is 32.1. The van der Waals surface area contributed by atoms with Crippen molar-refractivity contribution >= 4 is 56.8 Å². The summed E-state index contributed by atoms with van der Waals surface area (Å²) in [5.41, 5.74) is 0.875. The molecule has 0 saturated carbocycles. The molecule has 342 valence electrons. The van der Waals surface area contributed by atoms with Crippen LogP contribution in [0.25, 0.3) is 10.2 Å². The number of hydrogen-bond acceptors (Lipinski definition) is 14. The number of nitrogens with zero attached hydrogens (tertiary/aromatic N) is 3. The van der Waals surface area contributed by atoms with E-state index in [1.165, 1.54) is 42.5 Å². The van der Waals surface area contributed by atoms with Gasteiger partial charge in [-0.3, -0.25) is 0 Å². The maximum absolute atomic E-state index is 13.9. The minimum atomic E-state index is -4.66. The van der Waals surface area contributed by atoms with E-state index in [2.05, 4.69) is 23.2 Å². The number of thiazole rings is 1. The van der Waals surface area contributed by atoms with Crippen molar-refractivity contribution in [2.45, 2.75) is 57.5 Å². The maximum atomic E-state index is 13.9. The van der Waals surface area contributed by atoms with Crippen molar-refractivity contribution in [2.75, 3.05) is 38.0 Å². The Bertz CT molecular complexity index is 2370. The first-order valence-corrected chi connectivity index (χ1v) is 21.6. The summed E-state index contributed by atoms with van der Waals surface area (Å²) >= 11 is 1.02. The van der Waals surface area contributed by atoms with Gasteiger partial charge < -0.3 is 28.4 Å². The fraction of sp³-hybridized carbons (Fsp3) is 0.292. The molecule has 0 N–H and O–H groups in total. The Morgan fingerprint density at radius 1 is 0.646 bits per heavy atom. The van der Waals surface area contributed by atoms with Gasteiger partial charge in [0.15, 0.2) is 0 Å². The number of esters is 4. The van der Waals surface area contributed by atoms with E-state index in [9.17, 15) is 32.3 Å². The molecule has 0 radical (unpaired) electrons. The summed E-state index contributed by atoms with van der Waals surface area (Å²) in [5, 5.41) is 4.81. The Morgan fingerprint density at radius 2 is 1.15 bits per heavy atom. The summed E-state index contributed by atoms with van der Waals surface area (Å²) in [6, 6.07) is 23.5. The van der Waals surface area contributed by atoms with Gasteiger partial charge >= 0.3 is 30.1 Å². The SMILES string of the molecule is C=CC(=O)OCCCCCCOc1ccc(C(=O)Oc2ccc(OC(=O)c3ccc(OCCCCCCOC(=O)C=C)cc3)c(/C=N/N(CC(F)(F)F)c3nc4ccccc4s3)c2)cc1. The molecule has 0 fully saturated rings. The van der Waals surface area contributed by atoms with Crippen molar-refractivity contribution < 1.29 is 60.8 Å². The zero-order chi connectivity index (χ0) is 46.4. The summed E-state index contributed by atoms with van der Waals surface area (Å²) in [7, 11) is 0. The Morgan fingerprint density at radius 3 is 1.68 bits per heavy atom. The minimum Gasteiger partial charge on any atom is -0.494 e. The van der Waals surface area contributed by atoms with Crippen LogP contribution in [0, 0.1) is 0 Å². The summed E-state index contributed by atoms with van der Waals surface area (Å²) in [6.45, 7) is 6.78. The lowest BCUT2D eigenvalue weighted by Gasteiger charge is -2.18. The molecule has 13 nitrogen and oxygen atoms in total. The first-order chi connectivity index (χ1) is 31.4. The van der Waals surface area contributed by atoms with Crippen LogP contribution in [0.15, 0.2) is 121 Å². The van der Waals surface area contributed by atoms with Crippen molar-refractivity contribution in [3.63, 3.8) is 0 Å². The molecule has 0 unspecified atom stereocenters. The van der Waals surface area contributed by atoms with E-state index in [4.69, 9.17) is 28.4 Å². The highest BCUT2D eigenvalue weighted by molar-refractivity contribution is 7.22. The zero-order valence-corrected chi connectivity index (χ0v) is 36.3. The number of ether oxygens (including phenoxy) is 6. The van der Waals surface area contributed by atoms with Gasteiger partial charge in [-0.25, -0.2) is 29.2 Å². The molecule has 5 aromatic rings. The third-order valence-electron chi connectivity index (χ3n) is 9.18. The van der Waals surface area contributed by atoms with E-state index in [1.54, 1.807) is 48.5 Å². The Kier molecular flexibility index (Phi) is 19.1. The lowest BCUT2D eigenvalue weighted by atomic mass is 10.2. The van der Waals surface area contributed by atoms with Crippen LogP contribution >= 0.6 is 11.3 Å². The average molecular weight is 916 g/mol. The van der Waals surface area contributed by atoms with Gasteiger partial charge in [-0.05, 0) is 130 Å². The van der Waals surface area contributed by atoms with Crippen LogP contribution in [-0.2, 0) is 19.1 Å². The van der Waals surface area contributed by atoms with Gasteiger partial charge in [0.25, 0.3) is 0 Å². The Hall–Kier alpha value is -7.01. The lowest BCUT2D eigenvalue weighted by molar-refractivity contribution is -0.138. The quantitative estimate of drug-likeness (QED) is 0.0130. The van der Waals surface area contributed by atoms with Crippen LogP contribution in [0.4, 0.5) is 18.3 Å². The molecule has 5 rings (SSSR count). The molecule has 0 atom stereocenters. The molecular weight excluding hydrogens is 868 g/mol.